The highest BCUT2D eigenvalue weighted by molar-refractivity contribution is 7.98. The highest BCUT2D eigenvalue weighted by Gasteiger charge is 2.06. The Labute approximate surface area is 126 Å². The molecule has 2 aromatic rings. The Kier molecular flexibility index (Phi) is 4.92. The minimum absolute atomic E-state index is 0.0146. The molecule has 0 amide bonds. The fourth-order valence-electron chi connectivity index (χ4n) is 1.62. The van der Waals surface area contributed by atoms with Gasteiger partial charge in [-0.05, 0) is 42.8 Å². The molecule has 2 aromatic carbocycles. The van der Waals surface area contributed by atoms with Crippen molar-refractivity contribution in [3.8, 4) is 0 Å². The number of thioether (sulfide) groups is 1. The normalized spacial score (nSPS) is 10.5. The van der Waals surface area contributed by atoms with E-state index in [1.807, 2.05) is 36.4 Å². The van der Waals surface area contributed by atoms with E-state index >= 15 is 0 Å². The van der Waals surface area contributed by atoms with E-state index in [1.54, 1.807) is 17.8 Å². The van der Waals surface area contributed by atoms with Gasteiger partial charge in [0.15, 0.2) is 5.78 Å². The molecule has 0 aliphatic carbocycles. The summed E-state index contributed by atoms with van der Waals surface area (Å²) in [5.41, 5.74) is 1.76. The predicted octanol–water partition coefficient (Wildman–Crippen LogP) is 5.49. The van der Waals surface area contributed by atoms with Gasteiger partial charge in [0.1, 0.15) is 0 Å². The Hall–Kier alpha value is -0.960. The van der Waals surface area contributed by atoms with Gasteiger partial charge in [0.2, 0.25) is 0 Å². The van der Waals surface area contributed by atoms with Gasteiger partial charge in [-0.15, -0.1) is 11.8 Å². The molecule has 0 saturated carbocycles. The van der Waals surface area contributed by atoms with Gasteiger partial charge in [-0.1, -0.05) is 35.3 Å². The molecular formula is C15H12Cl2OS. The number of carbonyl (C=O) groups is 1. The Morgan fingerprint density at radius 3 is 2.37 bits per heavy atom. The zero-order valence-corrected chi connectivity index (χ0v) is 12.6. The van der Waals surface area contributed by atoms with Crippen molar-refractivity contribution in [3.05, 3.63) is 63.6 Å². The van der Waals surface area contributed by atoms with Crippen LogP contribution in [0.3, 0.4) is 0 Å². The topological polar surface area (TPSA) is 17.1 Å². The summed E-state index contributed by atoms with van der Waals surface area (Å²) in [5.74, 6) is 0.826. The number of ketones is 1. The first-order valence-electron chi connectivity index (χ1n) is 5.74. The molecule has 0 aliphatic heterocycles. The Morgan fingerprint density at radius 1 is 1.11 bits per heavy atom. The molecular weight excluding hydrogens is 299 g/mol. The van der Waals surface area contributed by atoms with Gasteiger partial charge in [-0.25, -0.2) is 0 Å². The van der Waals surface area contributed by atoms with Crippen molar-refractivity contribution in [1.29, 1.82) is 0 Å². The molecule has 0 atom stereocenters. The summed E-state index contributed by atoms with van der Waals surface area (Å²) in [6.45, 7) is 1.52. The Bertz CT molecular complexity index is 594. The fraction of sp³-hybridized carbons (Fsp3) is 0.133. The molecule has 4 heteroatoms. The SMILES string of the molecule is CC(=O)c1ccc(SCc2ccc(Cl)cc2)cc1Cl. The second kappa shape index (κ2) is 6.47. The maximum Gasteiger partial charge on any atom is 0.161 e. The van der Waals surface area contributed by atoms with E-state index in [0.717, 1.165) is 15.7 Å². The minimum Gasteiger partial charge on any atom is -0.294 e. The summed E-state index contributed by atoms with van der Waals surface area (Å²) in [6, 6.07) is 13.3. The second-order valence-corrected chi connectivity index (χ2v) is 6.01. The second-order valence-electron chi connectivity index (χ2n) is 4.11. The first kappa shape index (κ1) is 14.4. The monoisotopic (exact) mass is 310 g/mol. The summed E-state index contributed by atoms with van der Waals surface area (Å²) in [5, 5.41) is 1.25. The lowest BCUT2D eigenvalue weighted by Crippen LogP contribution is -1.93. The van der Waals surface area contributed by atoms with Gasteiger partial charge in [-0.2, -0.15) is 0 Å². The van der Waals surface area contributed by atoms with Crippen LogP contribution in [0.25, 0.3) is 0 Å². The van der Waals surface area contributed by atoms with Crippen LogP contribution in [-0.4, -0.2) is 5.78 Å². The van der Waals surface area contributed by atoms with Crippen molar-refractivity contribution in [2.24, 2.45) is 0 Å². The Balaban J connectivity index is 2.06. The van der Waals surface area contributed by atoms with Crippen LogP contribution in [0.1, 0.15) is 22.8 Å². The summed E-state index contributed by atoms with van der Waals surface area (Å²) >= 11 is 13.6. The average Bonchev–Trinajstić information content (AvgIpc) is 2.37. The van der Waals surface area contributed by atoms with E-state index < -0.39 is 0 Å². The molecule has 0 spiro atoms. The first-order valence-corrected chi connectivity index (χ1v) is 7.48. The number of hydrogen-bond acceptors (Lipinski definition) is 2. The standard InChI is InChI=1S/C15H12Cl2OS/c1-10(18)14-7-6-13(8-15(14)17)19-9-11-2-4-12(16)5-3-11/h2-8H,9H2,1H3. The van der Waals surface area contributed by atoms with Crippen molar-refractivity contribution >= 4 is 40.7 Å². The summed E-state index contributed by atoms with van der Waals surface area (Å²) in [7, 11) is 0. The van der Waals surface area contributed by atoms with E-state index in [9.17, 15) is 4.79 Å². The molecule has 0 N–H and O–H groups in total. The third kappa shape index (κ3) is 4.00. The van der Waals surface area contributed by atoms with Crippen molar-refractivity contribution in [2.75, 3.05) is 0 Å². The van der Waals surface area contributed by atoms with Crippen molar-refractivity contribution < 1.29 is 4.79 Å². The number of Topliss-reactive ketones (excluding diaryl/α,β-unsaturated/α-hetero) is 1. The summed E-state index contributed by atoms with van der Waals surface area (Å²) < 4.78 is 0. The van der Waals surface area contributed by atoms with Crippen molar-refractivity contribution in [3.63, 3.8) is 0 Å². The van der Waals surface area contributed by atoms with Gasteiger partial charge >= 0.3 is 0 Å². The number of benzene rings is 2. The van der Waals surface area contributed by atoms with Crippen LogP contribution in [0, 0.1) is 0 Å². The summed E-state index contributed by atoms with van der Waals surface area (Å²) in [4.78, 5) is 12.3. The lowest BCUT2D eigenvalue weighted by atomic mass is 10.1. The zero-order valence-electron chi connectivity index (χ0n) is 10.3. The van der Waals surface area contributed by atoms with Crippen LogP contribution in [0.15, 0.2) is 47.4 Å². The van der Waals surface area contributed by atoms with E-state index in [-0.39, 0.29) is 5.78 Å². The van der Waals surface area contributed by atoms with Gasteiger partial charge in [0.05, 0.1) is 5.02 Å². The maximum absolute atomic E-state index is 11.3. The van der Waals surface area contributed by atoms with Crippen LogP contribution in [0.5, 0.6) is 0 Å². The van der Waals surface area contributed by atoms with Crippen molar-refractivity contribution in [2.45, 2.75) is 17.6 Å². The van der Waals surface area contributed by atoms with E-state index in [0.29, 0.717) is 10.6 Å². The molecule has 0 aliphatic rings. The molecule has 2 rings (SSSR count). The van der Waals surface area contributed by atoms with Crippen LogP contribution in [0.2, 0.25) is 10.0 Å². The molecule has 0 fully saturated rings. The Morgan fingerprint density at radius 2 is 1.79 bits per heavy atom. The molecule has 19 heavy (non-hydrogen) atoms. The van der Waals surface area contributed by atoms with Crippen molar-refractivity contribution in [1.82, 2.24) is 0 Å². The van der Waals surface area contributed by atoms with Crippen LogP contribution >= 0.6 is 35.0 Å². The van der Waals surface area contributed by atoms with Crippen LogP contribution in [-0.2, 0) is 5.75 Å². The third-order valence-corrected chi connectivity index (χ3v) is 4.27. The van der Waals surface area contributed by atoms with E-state index in [2.05, 4.69) is 0 Å². The number of hydrogen-bond donors (Lipinski definition) is 0. The zero-order chi connectivity index (χ0) is 13.8. The lowest BCUT2D eigenvalue weighted by Gasteiger charge is -2.05. The average molecular weight is 311 g/mol. The number of halogens is 2. The molecule has 0 radical (unpaired) electrons. The third-order valence-electron chi connectivity index (χ3n) is 2.64. The molecule has 0 saturated heterocycles. The quantitative estimate of drug-likeness (QED) is 0.549. The van der Waals surface area contributed by atoms with Gasteiger partial charge in [0.25, 0.3) is 0 Å². The number of carbonyl (C=O) groups excluding carboxylic acids is 1. The fourth-order valence-corrected chi connectivity index (χ4v) is 3.01. The highest BCUT2D eigenvalue weighted by atomic mass is 35.5. The largest absolute Gasteiger partial charge is 0.294 e. The van der Waals surface area contributed by atoms with Crippen LogP contribution < -0.4 is 0 Å². The molecule has 0 bridgehead atoms. The minimum atomic E-state index is -0.0146. The van der Waals surface area contributed by atoms with E-state index in [4.69, 9.17) is 23.2 Å². The van der Waals surface area contributed by atoms with E-state index in [1.165, 1.54) is 12.5 Å². The molecule has 0 heterocycles. The van der Waals surface area contributed by atoms with Gasteiger partial charge < -0.3 is 0 Å². The molecule has 1 nitrogen and oxygen atoms in total. The van der Waals surface area contributed by atoms with Gasteiger partial charge in [-0.3, -0.25) is 4.79 Å². The predicted molar refractivity (Wildman–Crippen MR) is 82.5 cm³/mol. The summed E-state index contributed by atoms with van der Waals surface area (Å²) in [6.07, 6.45) is 0. The van der Waals surface area contributed by atoms with Crippen LogP contribution in [0.4, 0.5) is 0 Å². The lowest BCUT2D eigenvalue weighted by molar-refractivity contribution is 0.101. The number of rotatable bonds is 4. The molecule has 0 aromatic heterocycles. The first-order chi connectivity index (χ1) is 9.06. The maximum atomic E-state index is 11.3. The highest BCUT2D eigenvalue weighted by Crippen LogP contribution is 2.28. The molecule has 98 valence electrons. The van der Waals surface area contributed by atoms with Gasteiger partial charge in [0, 0.05) is 21.2 Å². The smallest absolute Gasteiger partial charge is 0.161 e. The molecule has 0 unspecified atom stereocenters.